The van der Waals surface area contributed by atoms with Gasteiger partial charge in [0.1, 0.15) is 60.4 Å². The summed E-state index contributed by atoms with van der Waals surface area (Å²) < 4.78 is 0. The van der Waals surface area contributed by atoms with E-state index < -0.39 is 188 Å². The fourth-order valence-electron chi connectivity index (χ4n) is 10.8. The molecule has 546 valence electrons. The second-order valence-corrected chi connectivity index (χ2v) is 23.9. The van der Waals surface area contributed by atoms with E-state index in [0.717, 1.165) is 14.7 Å². The number of likely N-dealkylation sites (tertiary alicyclic amines) is 2. The summed E-state index contributed by atoms with van der Waals surface area (Å²) in [6, 6.07) is -14.8. The molecule has 2 heterocycles. The van der Waals surface area contributed by atoms with Crippen molar-refractivity contribution in [2.45, 2.75) is 196 Å². The molecule has 0 aromatic heterocycles. The van der Waals surface area contributed by atoms with E-state index in [1.807, 2.05) is 0 Å². The average Bonchev–Trinajstić information content (AvgIpc) is 1.77. The van der Waals surface area contributed by atoms with E-state index in [1.165, 1.54) is 7.05 Å². The van der Waals surface area contributed by atoms with Crippen LogP contribution in [0.3, 0.4) is 0 Å². The summed E-state index contributed by atoms with van der Waals surface area (Å²) in [6.07, 6.45) is -1.61. The number of aliphatic carboxylic acids is 4. The minimum absolute atomic E-state index is 0.0125. The zero-order valence-corrected chi connectivity index (χ0v) is 55.1. The largest absolute Gasteiger partial charge is 0.481 e. The van der Waals surface area contributed by atoms with Crippen molar-refractivity contribution in [1.29, 1.82) is 0 Å². The number of rotatable bonds is 46. The van der Waals surface area contributed by atoms with Crippen LogP contribution in [0.1, 0.15) is 136 Å². The average molecular weight is 1380 g/mol. The normalized spacial score (nSPS) is 16.6. The summed E-state index contributed by atoms with van der Waals surface area (Å²) in [5, 5.41) is 58.3. The molecule has 0 spiro atoms. The summed E-state index contributed by atoms with van der Waals surface area (Å²) in [5.74, 6) is -16.8. The van der Waals surface area contributed by atoms with Gasteiger partial charge in [-0.1, -0.05) is 13.8 Å². The number of carboxylic acid groups (broad SMARTS) is 4. The Morgan fingerprint density at radius 1 is 0.495 bits per heavy atom. The molecule has 2 fully saturated rings. The Bertz CT molecular complexity index is 2800. The number of nitrogens with two attached hydrogens (primary N) is 7. The molecule has 0 saturated carbocycles. The van der Waals surface area contributed by atoms with Gasteiger partial charge < -0.3 is 118 Å². The van der Waals surface area contributed by atoms with Crippen molar-refractivity contribution >= 4 is 101 Å². The van der Waals surface area contributed by atoms with Crippen LogP contribution in [0.4, 0.5) is 0 Å². The number of hydrogen-bond donors (Lipinski definition) is 19. The van der Waals surface area contributed by atoms with Gasteiger partial charge in [0.15, 0.2) is 11.9 Å². The number of nitrogens with one attached hydrogen (secondary N) is 8. The van der Waals surface area contributed by atoms with Gasteiger partial charge in [0, 0.05) is 39.6 Å². The lowest BCUT2D eigenvalue weighted by Gasteiger charge is -2.32. The van der Waals surface area contributed by atoms with E-state index in [0.29, 0.717) is 12.8 Å². The van der Waals surface area contributed by atoms with Gasteiger partial charge in [-0.25, -0.2) is 4.79 Å². The van der Waals surface area contributed by atoms with Gasteiger partial charge in [-0.05, 0) is 122 Å². The van der Waals surface area contributed by atoms with Crippen molar-refractivity contribution in [2.75, 3.05) is 59.4 Å². The van der Waals surface area contributed by atoms with Crippen LogP contribution >= 0.6 is 0 Å². The van der Waals surface area contributed by atoms with Crippen LogP contribution in [0.25, 0.3) is 0 Å². The Balaban J connectivity index is 2.40. The standard InChI is InChI=1S/C58H100N20O19/c1-31(2)26-41(56(96)97)76(3)53(93)34(14-8-22-66-57(62)63)75-52(92)40-17-11-24-77(40)54(94)35(15-9-23-67-58(64)65)73-50(90)38(28-46(85)86)70-43(80)30-68-47(87)32(12-4-6-20-59)72-51(91)39-16-10-25-78(39)55(95)36(18-19-44(81)82)74-48(88)33(13-5-7-21-60)71-49(89)37(27-45(83)84)69-42(79)29-61/h31-41H,4-30,59-61H2,1-3H3,(H,68,87)(H,69,79)(H,70,80)(H,71,89)(H,72,91)(H,73,90)(H,74,88)(H,75,92)(H,81,82)(H,83,84)(H,85,86)(H,96,97)(H4,62,63,66)(H4,64,65,67). The monoisotopic (exact) mass is 1380 g/mol. The zero-order chi connectivity index (χ0) is 73.1. The minimum atomic E-state index is -1.91. The number of likely N-dealkylation sites (N-methyl/N-ethyl adjacent to an activating group) is 1. The lowest BCUT2D eigenvalue weighted by Crippen LogP contribution is -2.59. The van der Waals surface area contributed by atoms with Crippen LogP contribution < -0.4 is 82.7 Å². The fraction of sp³-hybridized carbons (Fsp3) is 0.707. The third kappa shape index (κ3) is 30.4. The maximum absolute atomic E-state index is 14.6. The van der Waals surface area contributed by atoms with Gasteiger partial charge in [0.05, 0.1) is 25.9 Å². The third-order valence-electron chi connectivity index (χ3n) is 15.7. The molecule has 2 aliphatic heterocycles. The van der Waals surface area contributed by atoms with Crippen LogP contribution in [0.5, 0.6) is 0 Å². The molecule has 0 aliphatic carbocycles. The first kappa shape index (κ1) is 83.6. The van der Waals surface area contributed by atoms with Gasteiger partial charge in [0.25, 0.3) is 0 Å². The minimum Gasteiger partial charge on any atom is -0.481 e. The number of hydrogen-bond acceptors (Lipinski definition) is 20. The number of amides is 11. The van der Waals surface area contributed by atoms with E-state index in [-0.39, 0.29) is 141 Å². The van der Waals surface area contributed by atoms with Gasteiger partial charge in [-0.2, -0.15) is 0 Å². The molecule has 0 aromatic carbocycles. The van der Waals surface area contributed by atoms with Crippen molar-refractivity contribution in [3.05, 3.63) is 0 Å². The van der Waals surface area contributed by atoms with Crippen LogP contribution in [0.15, 0.2) is 9.98 Å². The second kappa shape index (κ2) is 43.5. The number of unbranched alkanes of at least 4 members (excludes halogenated alkanes) is 2. The van der Waals surface area contributed by atoms with Crippen LogP contribution in [-0.4, -0.2) is 256 Å². The predicted molar refractivity (Wildman–Crippen MR) is 346 cm³/mol. The first-order valence-electron chi connectivity index (χ1n) is 32.1. The molecule has 0 aromatic rings. The van der Waals surface area contributed by atoms with E-state index in [9.17, 15) is 92.3 Å². The first-order chi connectivity index (χ1) is 45.8. The summed E-state index contributed by atoms with van der Waals surface area (Å²) in [6.45, 7) is 2.21. The topological polar surface area (TPSA) is 650 Å². The summed E-state index contributed by atoms with van der Waals surface area (Å²) >= 11 is 0. The number of carbonyl (C=O) groups is 15. The van der Waals surface area contributed by atoms with Crippen molar-refractivity contribution in [3.8, 4) is 0 Å². The Hall–Kier alpha value is -9.53. The Morgan fingerprint density at radius 2 is 0.907 bits per heavy atom. The maximum Gasteiger partial charge on any atom is 0.326 e. The molecule has 2 saturated heterocycles. The van der Waals surface area contributed by atoms with Crippen LogP contribution in [0.2, 0.25) is 0 Å². The van der Waals surface area contributed by atoms with E-state index in [4.69, 9.17) is 40.1 Å². The molecule has 39 heteroatoms. The molecular formula is C58H100N20O19. The molecule has 26 N–H and O–H groups in total. The molecule has 2 rings (SSSR count). The molecule has 39 nitrogen and oxygen atoms in total. The van der Waals surface area contributed by atoms with Crippen molar-refractivity contribution in [1.82, 2.24) is 57.2 Å². The number of carbonyl (C=O) groups excluding carboxylic acids is 11. The van der Waals surface area contributed by atoms with E-state index >= 15 is 0 Å². The van der Waals surface area contributed by atoms with E-state index in [2.05, 4.69) is 52.5 Å². The van der Waals surface area contributed by atoms with Gasteiger partial charge in [0.2, 0.25) is 65.0 Å². The quantitative estimate of drug-likeness (QED) is 0.0153. The highest BCUT2D eigenvalue weighted by Gasteiger charge is 2.43. The zero-order valence-electron chi connectivity index (χ0n) is 55.1. The Morgan fingerprint density at radius 3 is 1.33 bits per heavy atom. The SMILES string of the molecule is CC(C)CC(C(=O)O)N(C)C(=O)C(CCCN=C(N)N)NC(=O)C1CCCN1C(=O)C(CCCN=C(N)N)NC(=O)C(CC(=O)O)NC(=O)CNC(=O)C(CCCCN)NC(=O)C1CCCN1C(=O)C(CCC(=O)O)NC(=O)C(CCCCN)NC(=O)C(CC(=O)O)NC(=O)CN. The molecule has 97 heavy (non-hydrogen) atoms. The molecule has 11 amide bonds. The smallest absolute Gasteiger partial charge is 0.326 e. The highest BCUT2D eigenvalue weighted by molar-refractivity contribution is 6.00. The van der Waals surface area contributed by atoms with E-state index in [1.54, 1.807) is 13.8 Å². The number of carboxylic acids is 4. The number of aliphatic imine (C=N–C) groups is 2. The van der Waals surface area contributed by atoms with Gasteiger partial charge in [-0.3, -0.25) is 77.1 Å². The second-order valence-electron chi connectivity index (χ2n) is 23.9. The number of guanidine groups is 2. The molecule has 2 aliphatic rings. The van der Waals surface area contributed by atoms with Crippen molar-refractivity contribution in [3.63, 3.8) is 0 Å². The van der Waals surface area contributed by atoms with Gasteiger partial charge >= 0.3 is 23.9 Å². The van der Waals surface area contributed by atoms with Crippen molar-refractivity contribution in [2.24, 2.45) is 56.0 Å². The first-order valence-corrected chi connectivity index (χ1v) is 32.1. The maximum atomic E-state index is 14.6. The molecule has 0 radical (unpaired) electrons. The third-order valence-corrected chi connectivity index (χ3v) is 15.7. The summed E-state index contributed by atoms with van der Waals surface area (Å²) in [7, 11) is 1.29. The molecule has 10 unspecified atom stereocenters. The molecule has 0 bridgehead atoms. The lowest BCUT2D eigenvalue weighted by atomic mass is 10.0. The lowest BCUT2D eigenvalue weighted by molar-refractivity contribution is -0.151. The number of nitrogens with zero attached hydrogens (tertiary/aromatic N) is 5. The molecule has 10 atom stereocenters. The Labute approximate surface area is 560 Å². The summed E-state index contributed by atoms with van der Waals surface area (Å²) in [5.41, 5.74) is 38.7. The van der Waals surface area contributed by atoms with Crippen LogP contribution in [0, 0.1) is 5.92 Å². The van der Waals surface area contributed by atoms with Crippen molar-refractivity contribution < 1.29 is 92.3 Å². The fourth-order valence-corrected chi connectivity index (χ4v) is 10.8. The highest BCUT2D eigenvalue weighted by Crippen LogP contribution is 2.23. The van der Waals surface area contributed by atoms with Gasteiger partial charge in [-0.15, -0.1) is 0 Å². The Kier molecular flexibility index (Phi) is 37.5. The predicted octanol–water partition coefficient (Wildman–Crippen LogP) is -7.43. The molecular weight excluding hydrogens is 1280 g/mol. The summed E-state index contributed by atoms with van der Waals surface area (Å²) in [4.78, 5) is 211. The highest BCUT2D eigenvalue weighted by atomic mass is 16.4. The van der Waals surface area contributed by atoms with Crippen LogP contribution in [-0.2, 0) is 71.9 Å².